The number of carbonyl (C=O) groups is 3. The van der Waals surface area contributed by atoms with E-state index in [1.165, 1.54) is 29.2 Å². The molecule has 0 unspecified atom stereocenters. The van der Waals surface area contributed by atoms with Crippen molar-refractivity contribution in [2.75, 3.05) is 28.5 Å². The van der Waals surface area contributed by atoms with Crippen LogP contribution in [-0.2, 0) is 25.2 Å². The zero-order valence-corrected chi connectivity index (χ0v) is 21.4. The molecule has 37 heavy (non-hydrogen) atoms. The molecule has 198 valence electrons. The summed E-state index contributed by atoms with van der Waals surface area (Å²) < 4.78 is 36.8. The van der Waals surface area contributed by atoms with E-state index in [1.54, 1.807) is 25.1 Å². The Balaban J connectivity index is 1.39. The SMILES string of the molecule is C[C@@H](C(=O)NC1CCCCC1)N(C(=O)C[S@](=O)CC(=O)Nc1ccc2c(c1)OCO2)c1ccc(F)cc1. The number of fused-ring (bicyclic) bond motifs is 1. The van der Waals surface area contributed by atoms with Gasteiger partial charge in [0, 0.05) is 34.3 Å². The molecule has 2 atom stereocenters. The Bertz CT molecular complexity index is 1170. The molecule has 2 N–H and O–H groups in total. The average Bonchev–Trinajstić information content (AvgIpc) is 3.33. The lowest BCUT2D eigenvalue weighted by molar-refractivity contribution is -0.126. The minimum atomic E-state index is -1.85. The van der Waals surface area contributed by atoms with Crippen LogP contribution in [-0.4, -0.2) is 52.3 Å². The van der Waals surface area contributed by atoms with Gasteiger partial charge in [-0.1, -0.05) is 19.3 Å². The van der Waals surface area contributed by atoms with E-state index in [4.69, 9.17) is 9.47 Å². The maximum Gasteiger partial charge on any atom is 0.243 e. The molecule has 11 heteroatoms. The molecule has 2 aromatic rings. The normalized spacial score (nSPS) is 16.5. The van der Waals surface area contributed by atoms with E-state index in [2.05, 4.69) is 10.6 Å². The van der Waals surface area contributed by atoms with Gasteiger partial charge in [0.25, 0.3) is 0 Å². The zero-order valence-electron chi connectivity index (χ0n) is 20.5. The number of carbonyl (C=O) groups excluding carboxylic acids is 3. The van der Waals surface area contributed by atoms with Gasteiger partial charge in [-0.15, -0.1) is 0 Å². The van der Waals surface area contributed by atoms with Gasteiger partial charge in [0.05, 0.1) is 0 Å². The van der Waals surface area contributed by atoms with E-state index in [0.29, 0.717) is 22.9 Å². The summed E-state index contributed by atoms with van der Waals surface area (Å²) in [5.41, 5.74) is 0.748. The van der Waals surface area contributed by atoms with Gasteiger partial charge in [-0.2, -0.15) is 0 Å². The quantitative estimate of drug-likeness (QED) is 0.514. The van der Waals surface area contributed by atoms with E-state index in [9.17, 15) is 23.0 Å². The van der Waals surface area contributed by atoms with Crippen molar-refractivity contribution >= 4 is 39.9 Å². The second kappa shape index (κ2) is 12.2. The molecule has 0 saturated heterocycles. The maximum atomic E-state index is 13.5. The Hall–Kier alpha value is -3.47. The van der Waals surface area contributed by atoms with Crippen molar-refractivity contribution in [3.8, 4) is 11.5 Å². The molecule has 0 radical (unpaired) electrons. The van der Waals surface area contributed by atoms with Crippen LogP contribution in [0.2, 0.25) is 0 Å². The van der Waals surface area contributed by atoms with Crippen LogP contribution in [0.25, 0.3) is 0 Å². The third-order valence-electron chi connectivity index (χ3n) is 6.32. The first kappa shape index (κ1) is 26.6. The summed E-state index contributed by atoms with van der Waals surface area (Å²) in [5, 5.41) is 5.63. The van der Waals surface area contributed by atoms with Gasteiger partial charge in [-0.05, 0) is 56.2 Å². The average molecular weight is 532 g/mol. The number of rotatable bonds is 9. The lowest BCUT2D eigenvalue weighted by atomic mass is 9.95. The number of anilines is 2. The van der Waals surface area contributed by atoms with Crippen molar-refractivity contribution in [3.05, 3.63) is 48.3 Å². The standard InChI is InChI=1S/C26H30FN3O6S/c1-17(26(33)29-19-5-3-2-4-6-19)30(21-10-7-18(27)8-11-21)25(32)15-37(34)14-24(31)28-20-9-12-22-23(13-20)36-16-35-22/h7-13,17,19H,2-6,14-16H2,1H3,(H,28,31)(H,29,33)/t17-,37+/m0/s1. The van der Waals surface area contributed by atoms with E-state index in [-0.39, 0.29) is 18.7 Å². The molecular formula is C26H30FN3O6S. The lowest BCUT2D eigenvalue weighted by Crippen LogP contribution is -2.52. The summed E-state index contributed by atoms with van der Waals surface area (Å²) >= 11 is 0. The fraction of sp³-hybridized carbons (Fsp3) is 0.423. The fourth-order valence-electron chi connectivity index (χ4n) is 4.45. The first-order valence-corrected chi connectivity index (χ1v) is 13.7. The molecule has 0 aromatic heterocycles. The van der Waals surface area contributed by atoms with Crippen LogP contribution >= 0.6 is 0 Å². The van der Waals surface area contributed by atoms with Crippen LogP contribution in [0.3, 0.4) is 0 Å². The summed E-state index contributed by atoms with van der Waals surface area (Å²) in [4.78, 5) is 39.9. The molecule has 2 aliphatic rings. The Morgan fingerprint density at radius 3 is 2.46 bits per heavy atom. The Morgan fingerprint density at radius 2 is 1.73 bits per heavy atom. The molecule has 1 aliphatic heterocycles. The summed E-state index contributed by atoms with van der Waals surface area (Å²) in [6.07, 6.45) is 4.97. The number of hydrogen-bond acceptors (Lipinski definition) is 6. The summed E-state index contributed by atoms with van der Waals surface area (Å²) in [7, 11) is -1.85. The van der Waals surface area contributed by atoms with Gasteiger partial charge in [0.15, 0.2) is 11.5 Å². The fourth-order valence-corrected chi connectivity index (χ4v) is 5.33. The maximum absolute atomic E-state index is 13.5. The van der Waals surface area contributed by atoms with Gasteiger partial charge in [0.1, 0.15) is 23.4 Å². The third-order valence-corrected chi connectivity index (χ3v) is 7.48. The molecule has 3 amide bonds. The lowest BCUT2D eigenvalue weighted by Gasteiger charge is -2.31. The highest BCUT2D eigenvalue weighted by molar-refractivity contribution is 7.86. The van der Waals surface area contributed by atoms with E-state index >= 15 is 0 Å². The van der Waals surface area contributed by atoms with E-state index in [0.717, 1.165) is 32.1 Å². The summed E-state index contributed by atoms with van der Waals surface area (Å²) in [6, 6.07) is 9.18. The highest BCUT2D eigenvalue weighted by Gasteiger charge is 2.30. The molecule has 2 aromatic carbocycles. The molecular weight excluding hydrogens is 501 g/mol. The van der Waals surface area contributed by atoms with Crippen molar-refractivity contribution in [1.29, 1.82) is 0 Å². The Kier molecular flexibility index (Phi) is 8.75. The van der Waals surface area contributed by atoms with Crippen molar-refractivity contribution in [2.24, 2.45) is 0 Å². The minimum absolute atomic E-state index is 0.0443. The monoisotopic (exact) mass is 531 g/mol. The number of amides is 3. The molecule has 0 spiro atoms. The first-order chi connectivity index (χ1) is 17.8. The van der Waals surface area contributed by atoms with E-state index in [1.807, 2.05) is 0 Å². The predicted molar refractivity (Wildman–Crippen MR) is 137 cm³/mol. The molecule has 0 bridgehead atoms. The highest BCUT2D eigenvalue weighted by atomic mass is 32.2. The van der Waals surface area contributed by atoms with Gasteiger partial charge in [0.2, 0.25) is 24.5 Å². The number of benzene rings is 2. The van der Waals surface area contributed by atoms with Gasteiger partial charge < -0.3 is 20.1 Å². The molecule has 9 nitrogen and oxygen atoms in total. The second-order valence-electron chi connectivity index (χ2n) is 9.10. The summed E-state index contributed by atoms with van der Waals surface area (Å²) in [5.74, 6) is -1.81. The first-order valence-electron chi connectivity index (χ1n) is 12.2. The number of hydrogen-bond donors (Lipinski definition) is 2. The van der Waals surface area contributed by atoms with Crippen molar-refractivity contribution in [2.45, 2.75) is 51.1 Å². The molecule has 1 fully saturated rings. The Morgan fingerprint density at radius 1 is 1.03 bits per heavy atom. The third kappa shape index (κ3) is 7.06. The molecule has 1 aliphatic carbocycles. The largest absolute Gasteiger partial charge is 0.454 e. The molecule has 1 heterocycles. The van der Waals surface area contributed by atoms with Gasteiger partial charge >= 0.3 is 0 Å². The van der Waals surface area contributed by atoms with Gasteiger partial charge in [-0.25, -0.2) is 4.39 Å². The summed E-state index contributed by atoms with van der Waals surface area (Å²) in [6.45, 7) is 1.68. The Labute approximate surface area is 217 Å². The van der Waals surface area contributed by atoms with Crippen molar-refractivity contribution < 1.29 is 32.5 Å². The van der Waals surface area contributed by atoms with Crippen molar-refractivity contribution in [1.82, 2.24) is 5.32 Å². The number of ether oxygens (including phenoxy) is 2. The van der Waals surface area contributed by atoms with Crippen molar-refractivity contribution in [3.63, 3.8) is 0 Å². The highest BCUT2D eigenvalue weighted by Crippen LogP contribution is 2.34. The topological polar surface area (TPSA) is 114 Å². The van der Waals surface area contributed by atoms with Crippen LogP contribution in [0.1, 0.15) is 39.0 Å². The second-order valence-corrected chi connectivity index (χ2v) is 10.6. The number of nitrogens with zero attached hydrogens (tertiary/aromatic N) is 1. The van der Waals surface area contributed by atoms with Crippen LogP contribution in [0.15, 0.2) is 42.5 Å². The minimum Gasteiger partial charge on any atom is -0.454 e. The predicted octanol–water partition coefficient (Wildman–Crippen LogP) is 3.11. The zero-order chi connectivity index (χ0) is 26.4. The molecule has 1 saturated carbocycles. The van der Waals surface area contributed by atoms with Gasteiger partial charge in [-0.3, -0.25) is 23.5 Å². The smallest absolute Gasteiger partial charge is 0.243 e. The number of halogens is 1. The van der Waals surface area contributed by atoms with Crippen LogP contribution in [0.4, 0.5) is 15.8 Å². The van der Waals surface area contributed by atoms with Crippen LogP contribution in [0.5, 0.6) is 11.5 Å². The molecule has 4 rings (SSSR count). The van der Waals surface area contributed by atoms with Crippen LogP contribution in [0, 0.1) is 5.82 Å². The van der Waals surface area contributed by atoms with Crippen LogP contribution < -0.4 is 25.0 Å². The number of nitrogens with one attached hydrogen (secondary N) is 2. The van der Waals surface area contributed by atoms with E-state index < -0.39 is 46.0 Å².